The van der Waals surface area contributed by atoms with Crippen LogP contribution in [-0.4, -0.2) is 65.6 Å². The quantitative estimate of drug-likeness (QED) is 0.0294. The lowest BCUT2D eigenvalue weighted by Crippen LogP contribution is -2.55. The van der Waals surface area contributed by atoms with E-state index in [0.29, 0.717) is 45.1 Å². The first-order chi connectivity index (χ1) is 34.3. The normalized spacial score (nSPS) is 13.1. The summed E-state index contributed by atoms with van der Waals surface area (Å²) < 4.78 is 5.38. The van der Waals surface area contributed by atoms with Gasteiger partial charge in [0.1, 0.15) is 18.7 Å². The van der Waals surface area contributed by atoms with E-state index in [4.69, 9.17) is 4.74 Å². The van der Waals surface area contributed by atoms with Crippen LogP contribution in [-0.2, 0) is 49.9 Å². The number of carbonyl (C=O) groups is 5. The molecule has 6 rings (SSSR count). The van der Waals surface area contributed by atoms with Crippen molar-refractivity contribution in [3.05, 3.63) is 168 Å². The van der Waals surface area contributed by atoms with E-state index in [9.17, 15) is 29.1 Å². The molecule has 4 atom stereocenters. The standard InChI is InChI=1S/C59H71N5O7/c1-40(2)33-52(54(65)37-55(66)62-53(34-41(3)4)57(68)61-38-42-19-7-5-8-20-42)64-58(69)51(31-15-16-32-60-59(70)71-39-43-21-9-6-10-22-43)63-56(67)48(35-46-27-17-25-44-23-11-13-29-49(44)46)36-47-28-18-26-45-24-12-14-30-50(45)47/h5-14,17-30,40-41,48,51-54,65H,15-16,31-39H2,1-4H3,(H,60,70)(H,61,68)(H,62,66)(H,63,67)(H,64,69)/t51-,52-,53-,54-/m0/s1. The number of hydrogen-bond donors (Lipinski definition) is 6. The minimum Gasteiger partial charge on any atom is -0.445 e. The lowest BCUT2D eigenvalue weighted by molar-refractivity contribution is -0.133. The van der Waals surface area contributed by atoms with Crippen molar-refractivity contribution in [2.75, 3.05) is 6.54 Å². The number of alkyl carbamates (subject to hydrolysis) is 1. The molecule has 12 heteroatoms. The fourth-order valence-corrected chi connectivity index (χ4v) is 9.03. The zero-order valence-electron chi connectivity index (χ0n) is 41.6. The van der Waals surface area contributed by atoms with Crippen molar-refractivity contribution in [3.8, 4) is 0 Å². The van der Waals surface area contributed by atoms with E-state index >= 15 is 0 Å². The Morgan fingerprint density at radius 2 is 1.08 bits per heavy atom. The molecule has 0 spiro atoms. The van der Waals surface area contributed by atoms with E-state index < -0.39 is 48.1 Å². The molecule has 0 unspecified atom stereocenters. The van der Waals surface area contributed by atoms with Gasteiger partial charge in [0.05, 0.1) is 18.6 Å². The van der Waals surface area contributed by atoms with E-state index in [1.54, 1.807) is 0 Å². The summed E-state index contributed by atoms with van der Waals surface area (Å²) in [5, 5.41) is 30.7. The molecular weight excluding hydrogens is 891 g/mol. The predicted octanol–water partition coefficient (Wildman–Crippen LogP) is 9.11. The summed E-state index contributed by atoms with van der Waals surface area (Å²) in [5.41, 5.74) is 3.81. The largest absolute Gasteiger partial charge is 0.445 e. The Labute approximate surface area is 418 Å². The third-order valence-electron chi connectivity index (χ3n) is 12.7. The molecule has 374 valence electrons. The summed E-state index contributed by atoms with van der Waals surface area (Å²) in [6, 6.07) is 44.6. The molecule has 0 aliphatic rings. The zero-order valence-corrected chi connectivity index (χ0v) is 41.6. The van der Waals surface area contributed by atoms with Gasteiger partial charge in [-0.1, -0.05) is 173 Å². The number of nitrogens with one attached hydrogen (secondary N) is 5. The summed E-state index contributed by atoms with van der Waals surface area (Å²) >= 11 is 0. The SMILES string of the molecule is CC(C)C[C@H](NC(=O)C[C@H](O)[C@H](CC(C)C)NC(=O)[C@H](CCCCNC(=O)OCc1ccccc1)NC(=O)C(Cc1cccc2ccccc12)Cc1cccc2ccccc12)C(=O)NCc1ccccc1. The molecule has 0 radical (unpaired) electrons. The molecule has 6 aromatic carbocycles. The summed E-state index contributed by atoms with van der Waals surface area (Å²) in [4.78, 5) is 69.1. The number of fused-ring (bicyclic) bond motifs is 2. The van der Waals surface area contributed by atoms with Crippen molar-refractivity contribution in [2.45, 2.75) is 116 Å². The van der Waals surface area contributed by atoms with Crippen LogP contribution in [0, 0.1) is 17.8 Å². The number of amides is 5. The van der Waals surface area contributed by atoms with Crippen LogP contribution in [0.5, 0.6) is 0 Å². The maximum atomic E-state index is 14.9. The Hall–Kier alpha value is -7.05. The number of aliphatic hydroxyl groups excluding tert-OH is 1. The van der Waals surface area contributed by atoms with E-state index in [1.807, 2.05) is 137 Å². The molecule has 0 bridgehead atoms. The first-order valence-electron chi connectivity index (χ1n) is 25.1. The zero-order chi connectivity index (χ0) is 50.5. The average Bonchev–Trinajstić information content (AvgIpc) is 3.36. The molecule has 5 amide bonds. The van der Waals surface area contributed by atoms with E-state index in [2.05, 4.69) is 63.0 Å². The van der Waals surface area contributed by atoms with Crippen LogP contribution in [0.2, 0.25) is 0 Å². The molecule has 0 fully saturated rings. The Morgan fingerprint density at radius 1 is 0.535 bits per heavy atom. The van der Waals surface area contributed by atoms with Crippen molar-refractivity contribution in [3.63, 3.8) is 0 Å². The average molecular weight is 962 g/mol. The molecule has 0 aliphatic carbocycles. The molecule has 71 heavy (non-hydrogen) atoms. The van der Waals surface area contributed by atoms with Crippen LogP contribution in [0.3, 0.4) is 0 Å². The van der Waals surface area contributed by atoms with E-state index in [0.717, 1.165) is 43.8 Å². The van der Waals surface area contributed by atoms with Gasteiger partial charge in [-0.25, -0.2) is 4.79 Å². The number of aliphatic hydroxyl groups is 1. The molecule has 6 aromatic rings. The molecule has 0 saturated heterocycles. The molecule has 12 nitrogen and oxygen atoms in total. The smallest absolute Gasteiger partial charge is 0.407 e. The van der Waals surface area contributed by atoms with Crippen molar-refractivity contribution in [1.29, 1.82) is 0 Å². The topological polar surface area (TPSA) is 175 Å². The van der Waals surface area contributed by atoms with E-state index in [-0.39, 0.29) is 49.6 Å². The summed E-state index contributed by atoms with van der Waals surface area (Å²) in [6.07, 6.45) is 0.503. The number of carbonyl (C=O) groups excluding carboxylic acids is 5. The fourth-order valence-electron chi connectivity index (χ4n) is 9.03. The Morgan fingerprint density at radius 3 is 1.68 bits per heavy atom. The van der Waals surface area contributed by atoms with Gasteiger partial charge < -0.3 is 36.4 Å². The second-order valence-electron chi connectivity index (χ2n) is 19.4. The van der Waals surface area contributed by atoms with Gasteiger partial charge in [-0.3, -0.25) is 19.2 Å². The highest BCUT2D eigenvalue weighted by Gasteiger charge is 2.32. The van der Waals surface area contributed by atoms with Gasteiger partial charge in [-0.05, 0) is 101 Å². The first kappa shape index (κ1) is 53.3. The van der Waals surface area contributed by atoms with Gasteiger partial charge in [0.15, 0.2) is 0 Å². The number of rotatable bonds is 26. The Kier molecular flexibility index (Phi) is 20.5. The van der Waals surface area contributed by atoms with Gasteiger partial charge >= 0.3 is 6.09 Å². The van der Waals surface area contributed by atoms with Gasteiger partial charge in [-0.15, -0.1) is 0 Å². The highest BCUT2D eigenvalue weighted by Crippen LogP contribution is 2.27. The highest BCUT2D eigenvalue weighted by atomic mass is 16.5. The Bertz CT molecular complexity index is 2570. The van der Waals surface area contributed by atoms with Crippen LogP contribution in [0.1, 0.15) is 88.5 Å². The lowest BCUT2D eigenvalue weighted by Gasteiger charge is -2.29. The van der Waals surface area contributed by atoms with Crippen LogP contribution in [0.15, 0.2) is 146 Å². The number of hydrogen-bond acceptors (Lipinski definition) is 7. The summed E-state index contributed by atoms with van der Waals surface area (Å²) in [6.45, 7) is 8.58. The Balaban J connectivity index is 1.19. The minimum absolute atomic E-state index is 0.0157. The van der Waals surface area contributed by atoms with Crippen LogP contribution in [0.25, 0.3) is 21.5 Å². The van der Waals surface area contributed by atoms with Crippen molar-refractivity contribution in [1.82, 2.24) is 26.6 Å². The van der Waals surface area contributed by atoms with Crippen molar-refractivity contribution >= 4 is 51.3 Å². The van der Waals surface area contributed by atoms with Crippen molar-refractivity contribution < 1.29 is 33.8 Å². The number of ether oxygens (including phenoxy) is 1. The van der Waals surface area contributed by atoms with Crippen LogP contribution in [0.4, 0.5) is 4.79 Å². The molecule has 0 heterocycles. The minimum atomic E-state index is -1.30. The van der Waals surface area contributed by atoms with Gasteiger partial charge in [0.2, 0.25) is 23.6 Å². The van der Waals surface area contributed by atoms with E-state index in [1.165, 1.54) is 0 Å². The molecule has 6 N–H and O–H groups in total. The predicted molar refractivity (Wildman–Crippen MR) is 281 cm³/mol. The van der Waals surface area contributed by atoms with Crippen LogP contribution < -0.4 is 26.6 Å². The molecule has 0 saturated carbocycles. The second kappa shape index (κ2) is 27.4. The first-order valence-corrected chi connectivity index (χ1v) is 25.1. The summed E-state index contributed by atoms with van der Waals surface area (Å²) in [5.74, 6) is -2.11. The fraction of sp³-hybridized carbons (Fsp3) is 0.373. The molecule has 0 aromatic heterocycles. The van der Waals surface area contributed by atoms with Crippen molar-refractivity contribution in [2.24, 2.45) is 17.8 Å². The maximum absolute atomic E-state index is 14.9. The number of benzene rings is 6. The monoisotopic (exact) mass is 962 g/mol. The molecule has 0 aliphatic heterocycles. The highest BCUT2D eigenvalue weighted by molar-refractivity contribution is 5.92. The van der Waals surface area contributed by atoms with Gasteiger partial charge in [0, 0.05) is 19.0 Å². The number of unbranched alkanes of at least 4 members (excludes halogenated alkanes) is 1. The second-order valence-corrected chi connectivity index (χ2v) is 19.4. The third-order valence-corrected chi connectivity index (χ3v) is 12.7. The van der Waals surface area contributed by atoms with Crippen LogP contribution >= 0.6 is 0 Å². The maximum Gasteiger partial charge on any atom is 0.407 e. The van der Waals surface area contributed by atoms with Gasteiger partial charge in [0.25, 0.3) is 0 Å². The molecular formula is C59H71N5O7. The van der Waals surface area contributed by atoms with Gasteiger partial charge in [-0.2, -0.15) is 0 Å². The third kappa shape index (κ3) is 17.1. The summed E-state index contributed by atoms with van der Waals surface area (Å²) in [7, 11) is 0. The lowest BCUT2D eigenvalue weighted by atomic mass is 9.87.